The molecular formula is C16H15F3N4O5. The second-order valence-corrected chi connectivity index (χ2v) is 5.72. The van der Waals surface area contributed by atoms with E-state index in [1.54, 1.807) is 0 Å². The first-order valence-corrected chi connectivity index (χ1v) is 7.80. The highest BCUT2D eigenvalue weighted by Crippen LogP contribution is 2.29. The number of nitro groups is 1. The van der Waals surface area contributed by atoms with Crippen molar-refractivity contribution in [3.05, 3.63) is 51.3 Å². The van der Waals surface area contributed by atoms with Gasteiger partial charge in [-0.15, -0.1) is 0 Å². The molecule has 0 radical (unpaired) electrons. The van der Waals surface area contributed by atoms with E-state index < -0.39 is 41.7 Å². The summed E-state index contributed by atoms with van der Waals surface area (Å²) in [5.41, 5.74) is -0.684. The first-order chi connectivity index (χ1) is 13.0. The lowest BCUT2D eigenvalue weighted by atomic mass is 10.2. The van der Waals surface area contributed by atoms with Crippen LogP contribution in [0.2, 0.25) is 0 Å². The van der Waals surface area contributed by atoms with Crippen LogP contribution in [-0.2, 0) is 27.0 Å². The molecular weight excluding hydrogens is 385 g/mol. The molecule has 0 aliphatic rings. The normalized spacial score (nSPS) is 11.2. The van der Waals surface area contributed by atoms with Crippen molar-refractivity contribution in [2.45, 2.75) is 26.6 Å². The molecule has 0 spiro atoms. The molecule has 9 nitrogen and oxygen atoms in total. The number of nitrogens with zero attached hydrogens (tertiary/aromatic N) is 3. The van der Waals surface area contributed by atoms with Crippen LogP contribution in [0.25, 0.3) is 0 Å². The third-order valence-electron chi connectivity index (χ3n) is 3.66. The third kappa shape index (κ3) is 5.05. The smallest absolute Gasteiger partial charge is 0.416 e. The fraction of sp³-hybridized carbons (Fsp3) is 0.312. The highest BCUT2D eigenvalue weighted by atomic mass is 19.4. The lowest BCUT2D eigenvalue weighted by Gasteiger charge is -2.09. The Bertz CT molecular complexity index is 906. The van der Waals surface area contributed by atoms with Crippen molar-refractivity contribution in [2.75, 3.05) is 11.9 Å². The predicted molar refractivity (Wildman–Crippen MR) is 89.4 cm³/mol. The van der Waals surface area contributed by atoms with Crippen molar-refractivity contribution in [1.82, 2.24) is 9.78 Å². The summed E-state index contributed by atoms with van der Waals surface area (Å²) in [6.07, 6.45) is -4.49. The highest BCUT2D eigenvalue weighted by molar-refractivity contribution is 5.92. The lowest BCUT2D eigenvalue weighted by Crippen LogP contribution is -2.23. The molecule has 0 bridgehead atoms. The monoisotopic (exact) mass is 400 g/mol. The second-order valence-electron chi connectivity index (χ2n) is 5.72. The molecule has 2 aromatic rings. The van der Waals surface area contributed by atoms with E-state index in [4.69, 9.17) is 4.74 Å². The zero-order chi connectivity index (χ0) is 21.1. The van der Waals surface area contributed by atoms with E-state index in [9.17, 15) is 32.9 Å². The average Bonchev–Trinajstić information content (AvgIpc) is 2.86. The van der Waals surface area contributed by atoms with Gasteiger partial charge >= 0.3 is 17.8 Å². The zero-order valence-electron chi connectivity index (χ0n) is 14.7. The van der Waals surface area contributed by atoms with Gasteiger partial charge in [0.15, 0.2) is 6.61 Å². The molecule has 1 N–H and O–H groups in total. The number of nitrogens with one attached hydrogen (secondary N) is 1. The largest absolute Gasteiger partial charge is 0.454 e. The Morgan fingerprint density at radius 3 is 2.36 bits per heavy atom. The van der Waals surface area contributed by atoms with Gasteiger partial charge in [-0.1, -0.05) is 0 Å². The van der Waals surface area contributed by atoms with Crippen molar-refractivity contribution in [3.8, 4) is 0 Å². The van der Waals surface area contributed by atoms with Gasteiger partial charge in [0.05, 0.1) is 10.5 Å². The fourth-order valence-electron chi connectivity index (χ4n) is 2.36. The van der Waals surface area contributed by atoms with Gasteiger partial charge in [-0.2, -0.15) is 18.3 Å². The Morgan fingerprint density at radius 1 is 1.25 bits per heavy atom. The number of esters is 1. The van der Waals surface area contributed by atoms with Gasteiger partial charge in [0.1, 0.15) is 17.9 Å². The number of carbonyl (C=O) groups excluding carboxylic acids is 2. The highest BCUT2D eigenvalue weighted by Gasteiger charge is 2.30. The van der Waals surface area contributed by atoms with Crippen LogP contribution in [0.4, 0.5) is 24.5 Å². The maximum Gasteiger partial charge on any atom is 0.416 e. The van der Waals surface area contributed by atoms with E-state index in [0.717, 1.165) is 28.9 Å². The summed E-state index contributed by atoms with van der Waals surface area (Å²) in [6.45, 7) is 1.72. The standard InChI is InChI=1S/C16H15F3N4O5/c1-9-15(23(26)27)10(2)22(21-9)7-14(25)28-8-13(24)20-12-5-3-11(4-6-12)16(17,18)19/h3-6H,7-8H2,1-2H3,(H,20,24). The summed E-state index contributed by atoms with van der Waals surface area (Å²) >= 11 is 0. The molecule has 1 aromatic carbocycles. The molecule has 1 aromatic heterocycles. The molecule has 0 atom stereocenters. The van der Waals surface area contributed by atoms with Crippen LogP contribution in [-0.4, -0.2) is 33.2 Å². The third-order valence-corrected chi connectivity index (χ3v) is 3.66. The molecule has 150 valence electrons. The van der Waals surface area contributed by atoms with Crippen LogP contribution in [0.15, 0.2) is 24.3 Å². The topological polar surface area (TPSA) is 116 Å². The second kappa shape index (κ2) is 8.06. The number of amides is 1. The Balaban J connectivity index is 1.88. The van der Waals surface area contributed by atoms with Crippen molar-refractivity contribution in [2.24, 2.45) is 0 Å². The molecule has 0 saturated carbocycles. The summed E-state index contributed by atoms with van der Waals surface area (Å²) in [4.78, 5) is 33.9. The Hall–Kier alpha value is -3.44. The van der Waals surface area contributed by atoms with Crippen molar-refractivity contribution < 1.29 is 32.4 Å². The molecule has 28 heavy (non-hydrogen) atoms. The molecule has 0 aliphatic heterocycles. The maximum absolute atomic E-state index is 12.5. The summed E-state index contributed by atoms with van der Waals surface area (Å²) in [6, 6.07) is 3.74. The molecule has 1 heterocycles. The molecule has 12 heteroatoms. The fourth-order valence-corrected chi connectivity index (χ4v) is 2.36. The molecule has 2 rings (SSSR count). The van der Waals surface area contributed by atoms with Crippen LogP contribution in [0.3, 0.4) is 0 Å². The van der Waals surface area contributed by atoms with E-state index >= 15 is 0 Å². The van der Waals surface area contributed by atoms with Crippen molar-refractivity contribution in [3.63, 3.8) is 0 Å². The van der Waals surface area contributed by atoms with Gasteiger partial charge in [-0.3, -0.25) is 24.4 Å². The number of anilines is 1. The minimum Gasteiger partial charge on any atom is -0.454 e. The number of rotatable bonds is 6. The van der Waals surface area contributed by atoms with Gasteiger partial charge < -0.3 is 10.1 Å². The van der Waals surface area contributed by atoms with Gasteiger partial charge in [0.25, 0.3) is 5.91 Å². The average molecular weight is 400 g/mol. The van der Waals surface area contributed by atoms with Crippen LogP contribution in [0.5, 0.6) is 0 Å². The molecule has 1 amide bonds. The van der Waals surface area contributed by atoms with Crippen LogP contribution in [0, 0.1) is 24.0 Å². The Labute approximate surface area is 156 Å². The lowest BCUT2D eigenvalue weighted by molar-refractivity contribution is -0.386. The Morgan fingerprint density at radius 2 is 1.86 bits per heavy atom. The number of halogens is 3. The summed E-state index contributed by atoms with van der Waals surface area (Å²) < 4.78 is 43.3. The van der Waals surface area contributed by atoms with Crippen LogP contribution < -0.4 is 5.32 Å². The summed E-state index contributed by atoms with van der Waals surface area (Å²) in [5.74, 6) is -1.62. The summed E-state index contributed by atoms with van der Waals surface area (Å²) in [5, 5.41) is 17.1. The van der Waals surface area contributed by atoms with Crippen molar-refractivity contribution in [1.29, 1.82) is 0 Å². The van der Waals surface area contributed by atoms with Gasteiger partial charge in [-0.05, 0) is 38.1 Å². The number of carbonyl (C=O) groups is 2. The van der Waals surface area contributed by atoms with Gasteiger partial charge in [-0.25, -0.2) is 0 Å². The van der Waals surface area contributed by atoms with Gasteiger partial charge in [0.2, 0.25) is 0 Å². The van der Waals surface area contributed by atoms with E-state index in [2.05, 4.69) is 10.4 Å². The van der Waals surface area contributed by atoms with E-state index in [-0.39, 0.29) is 22.8 Å². The van der Waals surface area contributed by atoms with E-state index in [1.807, 2.05) is 0 Å². The molecule has 0 fully saturated rings. The van der Waals surface area contributed by atoms with Crippen LogP contribution in [0.1, 0.15) is 17.0 Å². The first-order valence-electron chi connectivity index (χ1n) is 7.80. The Kier molecular flexibility index (Phi) is 6.01. The maximum atomic E-state index is 12.5. The molecule has 0 unspecified atom stereocenters. The minimum atomic E-state index is -4.49. The molecule has 0 saturated heterocycles. The van der Waals surface area contributed by atoms with E-state index in [0.29, 0.717) is 0 Å². The van der Waals surface area contributed by atoms with Crippen LogP contribution >= 0.6 is 0 Å². The predicted octanol–water partition coefficient (Wildman–Crippen LogP) is 2.61. The van der Waals surface area contributed by atoms with Crippen molar-refractivity contribution >= 4 is 23.3 Å². The molecule has 0 aliphatic carbocycles. The number of benzene rings is 1. The quantitative estimate of drug-likeness (QED) is 0.453. The van der Waals surface area contributed by atoms with Gasteiger partial charge in [0, 0.05) is 5.69 Å². The zero-order valence-corrected chi connectivity index (χ0v) is 14.7. The number of aryl methyl sites for hydroxylation is 1. The summed E-state index contributed by atoms with van der Waals surface area (Å²) in [7, 11) is 0. The number of alkyl halides is 3. The SMILES string of the molecule is Cc1nn(CC(=O)OCC(=O)Nc2ccc(C(F)(F)F)cc2)c(C)c1[N+](=O)[O-]. The first kappa shape index (κ1) is 20.9. The number of hydrogen-bond donors (Lipinski definition) is 1. The van der Waals surface area contributed by atoms with E-state index in [1.165, 1.54) is 13.8 Å². The minimum absolute atomic E-state index is 0.100. The number of aromatic nitrogens is 2. The number of hydrogen-bond acceptors (Lipinski definition) is 6. The number of ether oxygens (including phenoxy) is 1.